The quantitative estimate of drug-likeness (QED) is 0.710. The van der Waals surface area contributed by atoms with Crippen molar-refractivity contribution in [1.82, 2.24) is 0 Å². The summed E-state index contributed by atoms with van der Waals surface area (Å²) in [7, 11) is 0. The second-order valence-corrected chi connectivity index (χ2v) is 3.59. The van der Waals surface area contributed by atoms with E-state index < -0.39 is 0 Å². The molecule has 2 nitrogen and oxygen atoms in total. The van der Waals surface area contributed by atoms with Gasteiger partial charge in [-0.2, -0.15) is 0 Å². The highest BCUT2D eigenvalue weighted by Crippen LogP contribution is 2.26. The fraction of sp³-hybridized carbons (Fsp3) is 0.182. The molecular weight excluding hydrogens is 200 g/mol. The number of ketones is 1. The van der Waals surface area contributed by atoms with Crippen molar-refractivity contribution in [3.8, 4) is 0 Å². The highest BCUT2D eigenvalue weighted by Gasteiger charge is 2.18. The van der Waals surface area contributed by atoms with Gasteiger partial charge in [0.15, 0.2) is 5.78 Å². The fourth-order valence-electron chi connectivity index (χ4n) is 1.41. The molecule has 1 aromatic carbocycles. The number of carbonyl (C=O) groups is 1. The summed E-state index contributed by atoms with van der Waals surface area (Å²) in [5.74, 6) is 0.0845. The number of hydrogen-bond donors (Lipinski definition) is 0. The van der Waals surface area contributed by atoms with Crippen molar-refractivity contribution in [2.45, 2.75) is 12.5 Å². The maximum absolute atomic E-state index is 11.1. The molecule has 0 bridgehead atoms. The monoisotopic (exact) mass is 208 g/mol. The molecule has 0 aromatic heterocycles. The number of hydrogen-bond acceptors (Lipinski definition) is 2. The van der Waals surface area contributed by atoms with E-state index in [-0.39, 0.29) is 11.9 Å². The summed E-state index contributed by atoms with van der Waals surface area (Å²) in [4.78, 5) is 11.1. The number of benzene rings is 1. The average Bonchev–Trinajstić information content (AvgIpc) is 2.18. The third-order valence-corrected chi connectivity index (χ3v) is 2.34. The standard InChI is InChI=1S/C11H9ClO2/c12-9-3-1-2-8(6-9)11-7-10(13)4-5-14-11/h1-6,11H,7H2/t11-/m1/s1. The third-order valence-electron chi connectivity index (χ3n) is 2.10. The van der Waals surface area contributed by atoms with E-state index in [1.165, 1.54) is 12.3 Å². The molecule has 0 aliphatic carbocycles. The number of allylic oxidation sites excluding steroid dienone is 1. The molecule has 0 radical (unpaired) electrons. The number of ether oxygens (including phenoxy) is 1. The Morgan fingerprint density at radius 3 is 3.00 bits per heavy atom. The van der Waals surface area contributed by atoms with Crippen LogP contribution < -0.4 is 0 Å². The van der Waals surface area contributed by atoms with Crippen LogP contribution in [0.3, 0.4) is 0 Å². The fourth-order valence-corrected chi connectivity index (χ4v) is 1.61. The van der Waals surface area contributed by atoms with E-state index in [1.54, 1.807) is 6.07 Å². The second-order valence-electron chi connectivity index (χ2n) is 3.15. The van der Waals surface area contributed by atoms with Crippen LogP contribution in [0.5, 0.6) is 0 Å². The first-order valence-corrected chi connectivity index (χ1v) is 4.74. The van der Waals surface area contributed by atoms with Gasteiger partial charge >= 0.3 is 0 Å². The maximum atomic E-state index is 11.1. The van der Waals surface area contributed by atoms with Crippen LogP contribution in [0.15, 0.2) is 36.6 Å². The van der Waals surface area contributed by atoms with E-state index in [9.17, 15) is 4.79 Å². The Labute approximate surface area is 87.1 Å². The molecule has 1 atom stereocenters. The molecule has 0 saturated heterocycles. The lowest BCUT2D eigenvalue weighted by Crippen LogP contribution is -2.11. The molecule has 1 aromatic rings. The molecule has 1 aliphatic heterocycles. The van der Waals surface area contributed by atoms with E-state index in [4.69, 9.17) is 16.3 Å². The Morgan fingerprint density at radius 2 is 2.29 bits per heavy atom. The van der Waals surface area contributed by atoms with Crippen molar-refractivity contribution >= 4 is 17.4 Å². The molecule has 0 saturated carbocycles. The van der Waals surface area contributed by atoms with Crippen LogP contribution in [-0.2, 0) is 9.53 Å². The molecular formula is C11H9ClO2. The number of carbonyl (C=O) groups excluding carboxylic acids is 1. The summed E-state index contributed by atoms with van der Waals surface area (Å²) >= 11 is 5.84. The predicted molar refractivity (Wildman–Crippen MR) is 54.0 cm³/mol. The molecule has 0 spiro atoms. The van der Waals surface area contributed by atoms with Crippen LogP contribution in [0.25, 0.3) is 0 Å². The highest BCUT2D eigenvalue weighted by molar-refractivity contribution is 6.30. The number of rotatable bonds is 1. The van der Waals surface area contributed by atoms with E-state index in [0.717, 1.165) is 5.56 Å². The van der Waals surface area contributed by atoms with E-state index in [1.807, 2.05) is 18.2 Å². The zero-order chi connectivity index (χ0) is 9.97. The molecule has 0 N–H and O–H groups in total. The first-order chi connectivity index (χ1) is 6.75. The van der Waals surface area contributed by atoms with Crippen LogP contribution in [0.2, 0.25) is 5.02 Å². The molecule has 14 heavy (non-hydrogen) atoms. The lowest BCUT2D eigenvalue weighted by molar-refractivity contribution is -0.118. The van der Waals surface area contributed by atoms with Gasteiger partial charge < -0.3 is 4.74 Å². The van der Waals surface area contributed by atoms with Crippen LogP contribution in [-0.4, -0.2) is 5.78 Å². The van der Waals surface area contributed by atoms with Crippen LogP contribution in [0, 0.1) is 0 Å². The Morgan fingerprint density at radius 1 is 1.43 bits per heavy atom. The minimum Gasteiger partial charge on any atom is -0.493 e. The van der Waals surface area contributed by atoms with Gasteiger partial charge in [-0.1, -0.05) is 23.7 Å². The van der Waals surface area contributed by atoms with Gasteiger partial charge in [-0.3, -0.25) is 4.79 Å². The van der Waals surface area contributed by atoms with Gasteiger partial charge in [-0.05, 0) is 17.7 Å². The highest BCUT2D eigenvalue weighted by atomic mass is 35.5. The lowest BCUT2D eigenvalue weighted by atomic mass is 10.0. The zero-order valence-electron chi connectivity index (χ0n) is 7.44. The molecule has 0 amide bonds. The third kappa shape index (κ3) is 1.96. The molecule has 72 valence electrons. The first-order valence-electron chi connectivity index (χ1n) is 4.36. The Kier molecular flexibility index (Phi) is 2.55. The van der Waals surface area contributed by atoms with Gasteiger partial charge in [0.25, 0.3) is 0 Å². The van der Waals surface area contributed by atoms with E-state index in [0.29, 0.717) is 11.4 Å². The summed E-state index contributed by atoms with van der Waals surface area (Å²) < 4.78 is 5.33. The largest absolute Gasteiger partial charge is 0.493 e. The van der Waals surface area contributed by atoms with E-state index in [2.05, 4.69) is 0 Å². The van der Waals surface area contributed by atoms with Gasteiger partial charge in [-0.25, -0.2) is 0 Å². The number of halogens is 1. The second kappa shape index (κ2) is 3.84. The summed E-state index contributed by atoms with van der Waals surface area (Å²) in [6, 6.07) is 7.37. The molecule has 3 heteroatoms. The normalized spacial score (nSPS) is 20.6. The smallest absolute Gasteiger partial charge is 0.162 e. The van der Waals surface area contributed by atoms with Crippen molar-refractivity contribution in [1.29, 1.82) is 0 Å². The van der Waals surface area contributed by atoms with Crippen molar-refractivity contribution in [3.63, 3.8) is 0 Å². The summed E-state index contributed by atoms with van der Waals surface area (Å²) in [5.41, 5.74) is 0.940. The first kappa shape index (κ1) is 9.28. The van der Waals surface area contributed by atoms with Gasteiger partial charge in [0.1, 0.15) is 6.10 Å². The van der Waals surface area contributed by atoms with Gasteiger partial charge in [-0.15, -0.1) is 0 Å². The zero-order valence-corrected chi connectivity index (χ0v) is 8.20. The lowest BCUT2D eigenvalue weighted by Gasteiger charge is -2.18. The molecule has 2 rings (SSSR count). The van der Waals surface area contributed by atoms with Gasteiger partial charge in [0, 0.05) is 11.1 Å². The van der Waals surface area contributed by atoms with Crippen LogP contribution in [0.4, 0.5) is 0 Å². The molecule has 0 fully saturated rings. The van der Waals surface area contributed by atoms with E-state index >= 15 is 0 Å². The molecule has 0 unspecified atom stereocenters. The molecule has 1 heterocycles. The van der Waals surface area contributed by atoms with Crippen molar-refractivity contribution in [2.24, 2.45) is 0 Å². The minimum absolute atomic E-state index is 0.0845. The predicted octanol–water partition coefficient (Wildman–Crippen LogP) is 2.88. The van der Waals surface area contributed by atoms with Crippen LogP contribution >= 0.6 is 11.6 Å². The topological polar surface area (TPSA) is 26.3 Å². The van der Waals surface area contributed by atoms with Crippen molar-refractivity contribution < 1.29 is 9.53 Å². The summed E-state index contributed by atoms with van der Waals surface area (Å²) in [6.07, 6.45) is 3.08. The van der Waals surface area contributed by atoms with Crippen LogP contribution in [0.1, 0.15) is 18.1 Å². The average molecular weight is 209 g/mol. The Bertz CT molecular complexity index is 385. The molecule has 1 aliphatic rings. The maximum Gasteiger partial charge on any atom is 0.162 e. The minimum atomic E-state index is -0.189. The van der Waals surface area contributed by atoms with Gasteiger partial charge in [0.05, 0.1) is 12.7 Å². The SMILES string of the molecule is O=C1C=CO[C@@H](c2cccc(Cl)c2)C1. The van der Waals surface area contributed by atoms with Crippen molar-refractivity contribution in [3.05, 3.63) is 47.2 Å². The summed E-state index contributed by atoms with van der Waals surface area (Å²) in [6.45, 7) is 0. The Balaban J connectivity index is 2.23. The summed E-state index contributed by atoms with van der Waals surface area (Å²) in [5, 5.41) is 0.660. The Hall–Kier alpha value is -1.28. The van der Waals surface area contributed by atoms with Gasteiger partial charge in [0.2, 0.25) is 0 Å². The van der Waals surface area contributed by atoms with Crippen molar-refractivity contribution in [2.75, 3.05) is 0 Å².